The first-order valence-electron chi connectivity index (χ1n) is 26.5. The number of nitrogens with zero attached hydrogens (tertiary/aromatic N) is 6. The smallest absolute Gasteiger partial charge is 0.254 e. The average Bonchev–Trinajstić information content (AvgIpc) is 3.93. The number of anilines is 2. The van der Waals surface area contributed by atoms with Gasteiger partial charge in [0.05, 0.1) is 10.0 Å². The molecular formula is C60H62Cl2N8O6. The van der Waals surface area contributed by atoms with Crippen molar-refractivity contribution in [2.45, 2.75) is 103 Å². The maximum atomic E-state index is 13.4. The van der Waals surface area contributed by atoms with Crippen LogP contribution in [0.4, 0.5) is 11.6 Å². The Morgan fingerprint density at radius 1 is 0.526 bits per heavy atom. The van der Waals surface area contributed by atoms with Gasteiger partial charge in [-0.05, 0) is 121 Å². The number of amides is 4. The predicted octanol–water partition coefficient (Wildman–Crippen LogP) is 9.84. The Kier molecular flexibility index (Phi) is 15.1. The van der Waals surface area contributed by atoms with E-state index in [0.29, 0.717) is 59.4 Å². The normalized spacial score (nSPS) is 19.3. The number of nitrogens with one attached hydrogen (secondary N) is 2. The van der Waals surface area contributed by atoms with Gasteiger partial charge in [0.2, 0.25) is 11.8 Å². The van der Waals surface area contributed by atoms with Crippen molar-refractivity contribution in [2.24, 2.45) is 0 Å². The van der Waals surface area contributed by atoms with Gasteiger partial charge < -0.3 is 39.7 Å². The predicted molar refractivity (Wildman–Crippen MR) is 294 cm³/mol. The molecule has 392 valence electrons. The highest BCUT2D eigenvalue weighted by molar-refractivity contribution is 6.33. The number of ether oxygens (including phenoxy) is 2. The molecule has 2 fully saturated rings. The summed E-state index contributed by atoms with van der Waals surface area (Å²) in [7, 11) is 0. The fourth-order valence-corrected chi connectivity index (χ4v) is 11.9. The van der Waals surface area contributed by atoms with Gasteiger partial charge in [-0.3, -0.25) is 19.2 Å². The molecule has 8 heterocycles. The zero-order chi connectivity index (χ0) is 52.5. The van der Waals surface area contributed by atoms with Crippen LogP contribution in [-0.2, 0) is 58.1 Å². The van der Waals surface area contributed by atoms with Crippen LogP contribution in [0, 0.1) is 0 Å². The van der Waals surface area contributed by atoms with Crippen LogP contribution in [0.5, 0.6) is 0 Å². The van der Waals surface area contributed by atoms with Crippen LogP contribution in [0.3, 0.4) is 0 Å². The summed E-state index contributed by atoms with van der Waals surface area (Å²) >= 11 is 13.1. The van der Waals surface area contributed by atoms with Crippen molar-refractivity contribution < 1.29 is 28.7 Å². The highest BCUT2D eigenvalue weighted by Crippen LogP contribution is 2.36. The van der Waals surface area contributed by atoms with Crippen molar-refractivity contribution >= 4 is 58.5 Å². The van der Waals surface area contributed by atoms with E-state index in [9.17, 15) is 19.2 Å². The third kappa shape index (κ3) is 11.0. The van der Waals surface area contributed by atoms with E-state index in [1.165, 1.54) is 22.3 Å². The number of carbonyl (C=O) groups is 4. The van der Waals surface area contributed by atoms with Gasteiger partial charge in [0.25, 0.3) is 11.8 Å². The van der Waals surface area contributed by atoms with Gasteiger partial charge >= 0.3 is 0 Å². The van der Waals surface area contributed by atoms with Gasteiger partial charge in [0.15, 0.2) is 0 Å². The first-order valence-corrected chi connectivity index (χ1v) is 27.2. The number of carbonyl (C=O) groups excluding carboxylic acids is 4. The lowest BCUT2D eigenvalue weighted by Crippen LogP contribution is -2.47. The first kappa shape index (κ1) is 51.3. The second-order valence-electron chi connectivity index (χ2n) is 20.9. The van der Waals surface area contributed by atoms with Crippen molar-refractivity contribution in [3.05, 3.63) is 164 Å². The second-order valence-corrected chi connectivity index (χ2v) is 21.7. The number of rotatable bonds is 10. The number of hydrogen-bond donors (Lipinski definition) is 2. The van der Waals surface area contributed by atoms with Gasteiger partial charge in [0.1, 0.15) is 24.7 Å². The largest absolute Gasteiger partial charge is 0.381 e. The molecule has 14 nitrogen and oxygen atoms in total. The minimum atomic E-state index is -0.119. The molecule has 12 rings (SSSR count). The molecule has 4 aromatic carbocycles. The summed E-state index contributed by atoms with van der Waals surface area (Å²) in [5, 5.41) is 8.02. The first-order chi connectivity index (χ1) is 36.9. The van der Waals surface area contributed by atoms with Crippen LogP contribution in [0.15, 0.2) is 109 Å². The van der Waals surface area contributed by atoms with Gasteiger partial charge in [-0.1, -0.05) is 96.0 Å². The summed E-state index contributed by atoms with van der Waals surface area (Å²) in [5.41, 5.74) is 11.4. The highest BCUT2D eigenvalue weighted by Gasteiger charge is 2.35. The molecule has 6 aliphatic heterocycles. The lowest BCUT2D eigenvalue weighted by molar-refractivity contribution is -0.135. The SMILES string of the molecule is C[C@@H]1Cc2ccccc2CN1C(=O)CN1Cc2ccc(-c3cc(NC4CCOCC4)ncc3Cl)cc2C1=O.C[C@H]1Cc2ccccc2CN1C(=O)CN1Cc2ccc(-c3cc(NC4CCOCC4)ncc3Cl)cc2C1=O. The van der Waals surface area contributed by atoms with Gasteiger partial charge in [-0.15, -0.1) is 0 Å². The summed E-state index contributed by atoms with van der Waals surface area (Å²) in [6.45, 7) is 9.30. The highest BCUT2D eigenvalue weighted by atomic mass is 35.5. The molecule has 0 radical (unpaired) electrons. The Bertz CT molecular complexity index is 2990. The summed E-state index contributed by atoms with van der Waals surface area (Å²) < 4.78 is 10.9. The summed E-state index contributed by atoms with van der Waals surface area (Å²) in [4.78, 5) is 69.4. The number of pyridine rings is 2. The molecule has 2 saturated heterocycles. The van der Waals surface area contributed by atoms with Gasteiger partial charge in [0, 0.05) is 111 Å². The molecule has 0 aliphatic carbocycles. The Labute approximate surface area is 453 Å². The van der Waals surface area contributed by atoms with E-state index >= 15 is 0 Å². The van der Waals surface area contributed by atoms with E-state index in [0.717, 1.165) is 110 Å². The molecule has 0 unspecified atom stereocenters. The summed E-state index contributed by atoms with van der Waals surface area (Å²) in [6, 6.07) is 32.9. The number of benzene rings is 4. The van der Waals surface area contributed by atoms with Crippen molar-refractivity contribution in [3.63, 3.8) is 0 Å². The van der Waals surface area contributed by atoms with E-state index in [1.807, 2.05) is 82.6 Å². The molecule has 2 atom stereocenters. The fourth-order valence-electron chi connectivity index (χ4n) is 11.4. The molecular weight excluding hydrogens is 1000 g/mol. The Balaban J connectivity index is 0.000000162. The van der Waals surface area contributed by atoms with Crippen LogP contribution in [-0.4, -0.2) is 117 Å². The maximum absolute atomic E-state index is 13.4. The van der Waals surface area contributed by atoms with Crippen molar-refractivity contribution in [1.29, 1.82) is 0 Å². The lowest BCUT2D eigenvalue weighted by Gasteiger charge is -2.35. The quantitative estimate of drug-likeness (QED) is 0.136. The Hall–Kier alpha value is -6.84. The molecule has 76 heavy (non-hydrogen) atoms. The van der Waals surface area contributed by atoms with E-state index < -0.39 is 0 Å². The van der Waals surface area contributed by atoms with Crippen molar-refractivity contribution in [3.8, 4) is 22.3 Å². The third-order valence-corrected chi connectivity index (χ3v) is 16.4. The number of hydrogen-bond acceptors (Lipinski definition) is 10. The molecule has 4 amide bonds. The molecule has 16 heteroatoms. The maximum Gasteiger partial charge on any atom is 0.254 e. The fraction of sp³-hybridized carbons (Fsp3) is 0.367. The Morgan fingerprint density at radius 2 is 0.921 bits per heavy atom. The van der Waals surface area contributed by atoms with E-state index in [2.05, 4.69) is 58.7 Å². The molecule has 6 aromatic rings. The molecule has 0 saturated carbocycles. The molecule has 0 spiro atoms. The average molecular weight is 1060 g/mol. The standard InChI is InChI=1S/2C30H31ClN4O3/c2*1-19-12-20-4-2-3-5-22(20)17-35(19)29(36)18-34-16-23-7-6-21(13-26(23)30(34)37)25-14-28(32-15-27(25)31)33-24-8-10-38-11-9-24/h2*2-7,13-15,19,24H,8-12,16-18H2,1H3,(H,32,33)/t2*19-/m10/s1. The topological polar surface area (TPSA) is 150 Å². The van der Waals surface area contributed by atoms with Crippen LogP contribution in [0.1, 0.15) is 93.6 Å². The van der Waals surface area contributed by atoms with E-state index in [1.54, 1.807) is 22.2 Å². The van der Waals surface area contributed by atoms with E-state index in [-0.39, 0.29) is 48.8 Å². The van der Waals surface area contributed by atoms with Crippen LogP contribution in [0.25, 0.3) is 22.3 Å². The van der Waals surface area contributed by atoms with Gasteiger partial charge in [-0.2, -0.15) is 0 Å². The van der Waals surface area contributed by atoms with Crippen LogP contribution >= 0.6 is 23.2 Å². The molecule has 0 bridgehead atoms. The summed E-state index contributed by atoms with van der Waals surface area (Å²) in [6.07, 6.45) is 8.70. The summed E-state index contributed by atoms with van der Waals surface area (Å²) in [5.74, 6) is 1.24. The number of halogens is 2. The minimum Gasteiger partial charge on any atom is -0.381 e. The number of aromatic nitrogens is 2. The minimum absolute atomic E-state index is 0.0191. The molecule has 6 aliphatic rings. The Morgan fingerprint density at radius 3 is 1.33 bits per heavy atom. The lowest BCUT2D eigenvalue weighted by atomic mass is 9.95. The van der Waals surface area contributed by atoms with Crippen LogP contribution in [0.2, 0.25) is 10.0 Å². The zero-order valence-electron chi connectivity index (χ0n) is 42.9. The van der Waals surface area contributed by atoms with Crippen LogP contribution < -0.4 is 10.6 Å². The molecule has 2 N–H and O–H groups in total. The number of fused-ring (bicyclic) bond motifs is 4. The monoisotopic (exact) mass is 1060 g/mol. The van der Waals surface area contributed by atoms with Crippen molar-refractivity contribution in [1.82, 2.24) is 29.6 Å². The van der Waals surface area contributed by atoms with E-state index in [4.69, 9.17) is 32.7 Å². The van der Waals surface area contributed by atoms with Gasteiger partial charge in [-0.25, -0.2) is 9.97 Å². The third-order valence-electron chi connectivity index (χ3n) is 15.8. The zero-order valence-corrected chi connectivity index (χ0v) is 44.4. The second kappa shape index (κ2) is 22.4. The molecule has 2 aromatic heterocycles. The van der Waals surface area contributed by atoms with Crippen molar-refractivity contribution in [2.75, 3.05) is 50.2 Å².